The van der Waals surface area contributed by atoms with E-state index in [0.29, 0.717) is 12.0 Å². The summed E-state index contributed by atoms with van der Waals surface area (Å²) < 4.78 is 55.2. The molecule has 0 aliphatic heterocycles. The van der Waals surface area contributed by atoms with Gasteiger partial charge in [-0.15, -0.1) is 0 Å². The first-order valence-electron chi connectivity index (χ1n) is 9.05. The van der Waals surface area contributed by atoms with Crippen molar-refractivity contribution >= 4 is 5.91 Å². The van der Waals surface area contributed by atoms with E-state index in [9.17, 15) is 27.5 Å². The molecule has 2 rings (SSSR count). The van der Waals surface area contributed by atoms with Gasteiger partial charge in [0, 0.05) is 19.4 Å². The van der Waals surface area contributed by atoms with E-state index in [0.717, 1.165) is 10.8 Å². The van der Waals surface area contributed by atoms with E-state index < -0.39 is 41.8 Å². The van der Waals surface area contributed by atoms with Gasteiger partial charge in [-0.25, -0.2) is 9.37 Å². The van der Waals surface area contributed by atoms with Crippen LogP contribution in [-0.2, 0) is 17.4 Å². The van der Waals surface area contributed by atoms with Gasteiger partial charge in [0.15, 0.2) is 5.82 Å². The van der Waals surface area contributed by atoms with Crippen molar-refractivity contribution < 1.29 is 27.5 Å². The summed E-state index contributed by atoms with van der Waals surface area (Å²) >= 11 is 0. The predicted molar refractivity (Wildman–Crippen MR) is 99.1 cm³/mol. The van der Waals surface area contributed by atoms with Crippen molar-refractivity contribution in [3.8, 4) is 0 Å². The molecule has 0 spiro atoms. The number of nitrogens with one attached hydrogen (secondary N) is 1. The third-order valence-electron chi connectivity index (χ3n) is 4.50. The van der Waals surface area contributed by atoms with E-state index in [4.69, 9.17) is 0 Å². The molecule has 1 aromatic heterocycles. The molecule has 1 aromatic carbocycles. The van der Waals surface area contributed by atoms with Gasteiger partial charge in [-0.2, -0.15) is 13.2 Å². The molecule has 9 heteroatoms. The zero-order valence-electron chi connectivity index (χ0n) is 16.7. The van der Waals surface area contributed by atoms with E-state index >= 15 is 0 Å². The van der Waals surface area contributed by atoms with Crippen molar-refractivity contribution in [2.45, 2.75) is 51.4 Å². The van der Waals surface area contributed by atoms with Crippen LogP contribution in [0.3, 0.4) is 0 Å². The molecule has 0 radical (unpaired) electrons. The average molecular weight is 415 g/mol. The molecule has 1 heterocycles. The maximum absolute atomic E-state index is 13.7. The van der Waals surface area contributed by atoms with Gasteiger partial charge in [-0.05, 0) is 29.5 Å². The van der Waals surface area contributed by atoms with E-state index in [-0.39, 0.29) is 5.41 Å². The first-order valence-corrected chi connectivity index (χ1v) is 9.05. The summed E-state index contributed by atoms with van der Waals surface area (Å²) in [6, 6.07) is 4.73. The third kappa shape index (κ3) is 5.56. The molecule has 2 aromatic rings. The highest BCUT2D eigenvalue weighted by molar-refractivity contribution is 5.77. The summed E-state index contributed by atoms with van der Waals surface area (Å²) in [5.41, 5.74) is -3.15. The lowest BCUT2D eigenvalue weighted by molar-refractivity contribution is -0.271. The Hall–Kier alpha value is -2.42. The number of alkyl halides is 3. The summed E-state index contributed by atoms with van der Waals surface area (Å²) in [6.45, 7) is 5.74. The van der Waals surface area contributed by atoms with E-state index in [2.05, 4.69) is 10.3 Å². The number of rotatable bonds is 6. The Morgan fingerprint density at radius 1 is 1.21 bits per heavy atom. The Morgan fingerprint density at radius 3 is 2.24 bits per heavy atom. The molecular formula is C20H25F4N3O2. The maximum atomic E-state index is 13.7. The van der Waals surface area contributed by atoms with Gasteiger partial charge in [0.1, 0.15) is 5.82 Å². The number of aliphatic hydroxyl groups is 1. The first-order chi connectivity index (χ1) is 13.2. The molecule has 2 unspecified atom stereocenters. The lowest BCUT2D eigenvalue weighted by Gasteiger charge is -2.31. The lowest BCUT2D eigenvalue weighted by atomic mass is 9.85. The minimum absolute atomic E-state index is 0.271. The molecule has 0 aliphatic rings. The molecule has 0 aliphatic carbocycles. The van der Waals surface area contributed by atoms with Gasteiger partial charge in [0.25, 0.3) is 0 Å². The number of hydrogen-bond donors (Lipinski definition) is 2. The highest BCUT2D eigenvalue weighted by Gasteiger charge is 2.58. The topological polar surface area (TPSA) is 67.1 Å². The van der Waals surface area contributed by atoms with Crippen LogP contribution in [0.15, 0.2) is 36.7 Å². The van der Waals surface area contributed by atoms with Crippen LogP contribution in [0.5, 0.6) is 0 Å². The number of halogens is 4. The van der Waals surface area contributed by atoms with Crippen LogP contribution >= 0.6 is 0 Å². The van der Waals surface area contributed by atoms with E-state index in [1.165, 1.54) is 37.5 Å². The van der Waals surface area contributed by atoms with Gasteiger partial charge in [0.05, 0.1) is 12.5 Å². The standard InChI is InChI=1S/C20H25F4N3O2/c1-18(2,3)11-15(13-5-7-14(21)8-6-13)26-16(28)12-19(29,20(22,23)24)17-25-9-10-27(17)4/h5-10,15,29H,11-12H2,1-4H3,(H,26,28). The monoisotopic (exact) mass is 415 g/mol. The van der Waals surface area contributed by atoms with Crippen LogP contribution in [0.4, 0.5) is 17.6 Å². The zero-order valence-corrected chi connectivity index (χ0v) is 16.7. The van der Waals surface area contributed by atoms with Gasteiger partial charge < -0.3 is 15.0 Å². The summed E-state index contributed by atoms with van der Waals surface area (Å²) in [7, 11) is 1.30. The van der Waals surface area contributed by atoms with Gasteiger partial charge in [-0.3, -0.25) is 4.79 Å². The summed E-state index contributed by atoms with van der Waals surface area (Å²) in [6.07, 6.45) is -3.59. The average Bonchev–Trinajstić information content (AvgIpc) is 2.99. The molecule has 0 fully saturated rings. The largest absolute Gasteiger partial charge is 0.425 e. The van der Waals surface area contributed by atoms with Crippen molar-refractivity contribution in [1.29, 1.82) is 0 Å². The molecule has 29 heavy (non-hydrogen) atoms. The highest BCUT2D eigenvalue weighted by atomic mass is 19.4. The summed E-state index contributed by atoms with van der Waals surface area (Å²) in [4.78, 5) is 16.2. The molecular weight excluding hydrogens is 390 g/mol. The molecule has 0 saturated heterocycles. The molecule has 0 bridgehead atoms. The first kappa shape index (κ1) is 22.9. The fourth-order valence-corrected chi connectivity index (χ4v) is 3.11. The minimum Gasteiger partial charge on any atom is -0.374 e. The number of nitrogens with zero attached hydrogens (tertiary/aromatic N) is 2. The van der Waals surface area contributed by atoms with Crippen LogP contribution < -0.4 is 5.32 Å². The number of aromatic nitrogens is 2. The number of hydrogen-bond acceptors (Lipinski definition) is 3. The Kier molecular flexibility index (Phi) is 6.42. The second kappa shape index (κ2) is 8.14. The Labute approximate surface area is 166 Å². The van der Waals surface area contributed by atoms with Crippen molar-refractivity contribution in [3.05, 3.63) is 53.9 Å². The molecule has 2 atom stereocenters. The Morgan fingerprint density at radius 2 is 1.79 bits per heavy atom. The van der Waals surface area contributed by atoms with E-state index in [1.807, 2.05) is 20.8 Å². The number of amides is 1. The zero-order chi connectivity index (χ0) is 22.0. The van der Waals surface area contributed by atoms with Crippen LogP contribution in [0.2, 0.25) is 0 Å². The van der Waals surface area contributed by atoms with Crippen molar-refractivity contribution in [1.82, 2.24) is 14.9 Å². The van der Waals surface area contributed by atoms with Gasteiger partial charge in [0.2, 0.25) is 11.5 Å². The lowest BCUT2D eigenvalue weighted by Crippen LogP contribution is -2.48. The normalized spacial score (nSPS) is 15.6. The molecule has 5 nitrogen and oxygen atoms in total. The predicted octanol–water partition coefficient (Wildman–Crippen LogP) is 3.99. The number of carbonyl (C=O) groups is 1. The van der Waals surface area contributed by atoms with Crippen LogP contribution in [0.1, 0.15) is 51.0 Å². The molecule has 0 saturated carbocycles. The smallest absolute Gasteiger partial charge is 0.374 e. The fourth-order valence-electron chi connectivity index (χ4n) is 3.11. The number of carbonyl (C=O) groups excluding carboxylic acids is 1. The number of aryl methyl sites for hydroxylation is 1. The second-order valence-corrected chi connectivity index (χ2v) is 8.33. The summed E-state index contributed by atoms with van der Waals surface area (Å²) in [5.74, 6) is -2.13. The quantitative estimate of drug-likeness (QED) is 0.701. The minimum atomic E-state index is -5.11. The van der Waals surface area contributed by atoms with Crippen molar-refractivity contribution in [3.63, 3.8) is 0 Å². The number of imidazole rings is 1. The third-order valence-corrected chi connectivity index (χ3v) is 4.50. The second-order valence-electron chi connectivity index (χ2n) is 8.33. The number of benzene rings is 1. The van der Waals surface area contributed by atoms with E-state index in [1.54, 1.807) is 0 Å². The van der Waals surface area contributed by atoms with Crippen molar-refractivity contribution in [2.75, 3.05) is 0 Å². The van der Waals surface area contributed by atoms with Crippen LogP contribution in [0.25, 0.3) is 0 Å². The summed E-state index contributed by atoms with van der Waals surface area (Å²) in [5, 5.41) is 13.0. The SMILES string of the molecule is Cn1ccnc1C(O)(CC(=O)NC(CC(C)(C)C)c1ccc(F)cc1)C(F)(F)F. The van der Waals surface area contributed by atoms with Crippen LogP contribution in [0, 0.1) is 11.2 Å². The molecule has 2 N–H and O–H groups in total. The van der Waals surface area contributed by atoms with Gasteiger partial charge >= 0.3 is 6.18 Å². The molecule has 160 valence electrons. The molecule has 1 amide bonds. The fraction of sp³-hybridized carbons (Fsp3) is 0.500. The Bertz CT molecular complexity index is 841. The van der Waals surface area contributed by atoms with Crippen molar-refractivity contribution in [2.24, 2.45) is 12.5 Å². The van der Waals surface area contributed by atoms with Crippen LogP contribution in [-0.4, -0.2) is 26.7 Å². The van der Waals surface area contributed by atoms with Gasteiger partial charge in [-0.1, -0.05) is 32.9 Å². The highest BCUT2D eigenvalue weighted by Crippen LogP contribution is 2.41. The maximum Gasteiger partial charge on any atom is 0.425 e. The Balaban J connectivity index is 2.30.